The van der Waals surface area contributed by atoms with Gasteiger partial charge in [0.25, 0.3) is 0 Å². The second-order valence-corrected chi connectivity index (χ2v) is 1.98. The molecule has 0 aromatic heterocycles. The van der Waals surface area contributed by atoms with Crippen molar-refractivity contribution in [1.29, 1.82) is 0 Å². The molecule has 10 heavy (non-hydrogen) atoms. The van der Waals surface area contributed by atoms with E-state index in [9.17, 15) is 4.79 Å². The van der Waals surface area contributed by atoms with Crippen LogP contribution in [0.3, 0.4) is 0 Å². The van der Waals surface area contributed by atoms with E-state index in [1.165, 1.54) is 6.92 Å². The Morgan fingerprint density at radius 1 is 1.80 bits per heavy atom. The Morgan fingerprint density at radius 2 is 2.30 bits per heavy atom. The maximum Gasteiger partial charge on any atom is 0.405 e. The summed E-state index contributed by atoms with van der Waals surface area (Å²) in [5.41, 5.74) is 0. The zero-order valence-electron chi connectivity index (χ0n) is 5.21. The first kappa shape index (κ1) is 9.03. The number of oxime groups is 1. The quantitative estimate of drug-likeness (QED) is 0.320. The Labute approximate surface area is 62.3 Å². The molecule has 0 unspecified atom stereocenters. The summed E-state index contributed by atoms with van der Waals surface area (Å²) < 4.78 is 0. The molecule has 1 atom stereocenters. The minimum absolute atomic E-state index is 0.192. The molecule has 58 valence electrons. The molecule has 3 N–H and O–H groups in total. The lowest BCUT2D eigenvalue weighted by Crippen LogP contribution is -2.35. The summed E-state index contributed by atoms with van der Waals surface area (Å²) in [5.74, 6) is 0. The molecule has 0 aliphatic carbocycles. The molecule has 5 nitrogen and oxygen atoms in total. The molecule has 0 aromatic rings. The molecule has 0 saturated heterocycles. The average Bonchev–Trinajstić information content (AvgIpc) is 1.85. The molecule has 0 aromatic carbocycles. The third-order valence-corrected chi connectivity index (χ3v) is 1.20. The van der Waals surface area contributed by atoms with Gasteiger partial charge >= 0.3 is 6.09 Å². The van der Waals surface area contributed by atoms with Crippen molar-refractivity contribution in [3.8, 4) is 0 Å². The minimum atomic E-state index is -1.21. The van der Waals surface area contributed by atoms with E-state index in [4.69, 9.17) is 21.9 Å². The molecule has 6 heteroatoms. The van der Waals surface area contributed by atoms with Crippen molar-refractivity contribution in [1.82, 2.24) is 5.32 Å². The van der Waals surface area contributed by atoms with Gasteiger partial charge in [-0.1, -0.05) is 16.8 Å². The van der Waals surface area contributed by atoms with E-state index in [-0.39, 0.29) is 5.17 Å². The lowest BCUT2D eigenvalue weighted by Gasteiger charge is -2.05. The molecular formula is C4H7ClN2O3. The molecule has 0 rings (SSSR count). The highest BCUT2D eigenvalue weighted by Crippen LogP contribution is 1.92. The smallest absolute Gasteiger partial charge is 0.405 e. The van der Waals surface area contributed by atoms with Crippen LogP contribution in [0, 0.1) is 0 Å². The lowest BCUT2D eigenvalue weighted by atomic mass is 10.4. The summed E-state index contributed by atoms with van der Waals surface area (Å²) >= 11 is 5.23. The monoisotopic (exact) mass is 166 g/mol. The first-order valence-electron chi connectivity index (χ1n) is 2.45. The van der Waals surface area contributed by atoms with E-state index in [0.717, 1.165) is 0 Å². The van der Waals surface area contributed by atoms with Crippen molar-refractivity contribution < 1.29 is 15.1 Å². The largest absolute Gasteiger partial charge is 0.465 e. The summed E-state index contributed by atoms with van der Waals surface area (Å²) in [5, 5.41) is 20.6. The van der Waals surface area contributed by atoms with Gasteiger partial charge in [0.1, 0.15) is 0 Å². The minimum Gasteiger partial charge on any atom is -0.465 e. The standard InChI is InChI=1S/C4H7ClN2O3/c1-2(3(5)7-10)6-4(8)9/h2,6,10H,1H3,(H,8,9)/t2-/m1/s1. The average molecular weight is 167 g/mol. The van der Waals surface area contributed by atoms with E-state index >= 15 is 0 Å². The first-order valence-corrected chi connectivity index (χ1v) is 2.82. The fourth-order valence-electron chi connectivity index (χ4n) is 0.331. The lowest BCUT2D eigenvalue weighted by molar-refractivity contribution is 0.193. The van der Waals surface area contributed by atoms with E-state index < -0.39 is 12.1 Å². The molecule has 0 heterocycles. The number of carboxylic acid groups (broad SMARTS) is 1. The Morgan fingerprint density at radius 3 is 2.60 bits per heavy atom. The van der Waals surface area contributed by atoms with E-state index in [1.54, 1.807) is 0 Å². The maximum absolute atomic E-state index is 9.92. The highest BCUT2D eigenvalue weighted by Gasteiger charge is 2.09. The first-order chi connectivity index (χ1) is 4.57. The van der Waals surface area contributed by atoms with Gasteiger partial charge in [-0.05, 0) is 6.92 Å². The number of rotatable bonds is 2. The van der Waals surface area contributed by atoms with Crippen LogP contribution in [0.4, 0.5) is 4.79 Å². The Kier molecular flexibility index (Phi) is 3.56. The number of hydrogen-bond acceptors (Lipinski definition) is 3. The Bertz CT molecular complexity index is 159. The van der Waals surface area contributed by atoms with Gasteiger partial charge in [-0.25, -0.2) is 4.79 Å². The van der Waals surface area contributed by atoms with Gasteiger partial charge in [0.2, 0.25) is 0 Å². The summed E-state index contributed by atoms with van der Waals surface area (Å²) in [6.45, 7) is 1.45. The van der Waals surface area contributed by atoms with Crippen molar-refractivity contribution in [3.05, 3.63) is 0 Å². The maximum atomic E-state index is 9.92. The summed E-state index contributed by atoms with van der Waals surface area (Å²) in [6, 6.07) is -0.677. The predicted octanol–water partition coefficient (Wildman–Crippen LogP) is 0.669. The number of amides is 1. The van der Waals surface area contributed by atoms with Gasteiger partial charge in [0.15, 0.2) is 5.17 Å². The molecule has 0 saturated carbocycles. The summed E-state index contributed by atoms with van der Waals surface area (Å²) in [6.07, 6.45) is -1.21. The molecule has 0 spiro atoms. The van der Waals surface area contributed by atoms with Gasteiger partial charge in [-0.3, -0.25) is 0 Å². The SMILES string of the molecule is C[C@@H](NC(=O)O)C(Cl)=NO. The van der Waals surface area contributed by atoms with Crippen LogP contribution in [0.2, 0.25) is 0 Å². The van der Waals surface area contributed by atoms with E-state index in [0.29, 0.717) is 0 Å². The number of nitrogens with one attached hydrogen (secondary N) is 1. The van der Waals surface area contributed by atoms with Crippen LogP contribution in [0.5, 0.6) is 0 Å². The number of carbonyl (C=O) groups is 1. The topological polar surface area (TPSA) is 81.9 Å². The zero-order valence-corrected chi connectivity index (χ0v) is 5.96. The van der Waals surface area contributed by atoms with Gasteiger partial charge < -0.3 is 15.6 Å². The van der Waals surface area contributed by atoms with Crippen LogP contribution in [0.1, 0.15) is 6.92 Å². The molecule has 0 bridgehead atoms. The van der Waals surface area contributed by atoms with Crippen LogP contribution in [-0.4, -0.2) is 27.6 Å². The van der Waals surface area contributed by atoms with Crippen LogP contribution >= 0.6 is 11.6 Å². The Balaban J connectivity index is 3.85. The number of hydrogen-bond donors (Lipinski definition) is 3. The fraction of sp³-hybridized carbons (Fsp3) is 0.500. The predicted molar refractivity (Wildman–Crippen MR) is 35.7 cm³/mol. The Hall–Kier alpha value is -0.970. The van der Waals surface area contributed by atoms with Crippen LogP contribution in [0.15, 0.2) is 5.16 Å². The third-order valence-electron chi connectivity index (χ3n) is 0.793. The van der Waals surface area contributed by atoms with E-state index in [2.05, 4.69) is 5.16 Å². The van der Waals surface area contributed by atoms with E-state index in [1.807, 2.05) is 5.32 Å². The van der Waals surface area contributed by atoms with Gasteiger partial charge in [0.05, 0.1) is 6.04 Å². The zero-order chi connectivity index (χ0) is 8.15. The highest BCUT2D eigenvalue weighted by atomic mass is 35.5. The second-order valence-electron chi connectivity index (χ2n) is 1.59. The van der Waals surface area contributed by atoms with Crippen LogP contribution < -0.4 is 5.32 Å². The molecule has 0 radical (unpaired) electrons. The third kappa shape index (κ3) is 3.13. The van der Waals surface area contributed by atoms with Crippen molar-refractivity contribution in [2.75, 3.05) is 0 Å². The number of nitrogens with zero attached hydrogens (tertiary/aromatic N) is 1. The van der Waals surface area contributed by atoms with Gasteiger partial charge in [-0.15, -0.1) is 0 Å². The molecule has 0 aliphatic heterocycles. The van der Waals surface area contributed by atoms with Crippen molar-refractivity contribution >= 4 is 22.9 Å². The van der Waals surface area contributed by atoms with Gasteiger partial charge in [-0.2, -0.15) is 0 Å². The van der Waals surface area contributed by atoms with Crippen molar-refractivity contribution in [2.45, 2.75) is 13.0 Å². The fourth-order valence-corrected chi connectivity index (χ4v) is 0.386. The molecule has 0 aliphatic rings. The van der Waals surface area contributed by atoms with Gasteiger partial charge in [0, 0.05) is 0 Å². The second kappa shape index (κ2) is 3.94. The van der Waals surface area contributed by atoms with Crippen LogP contribution in [0.25, 0.3) is 0 Å². The van der Waals surface area contributed by atoms with Crippen LogP contribution in [-0.2, 0) is 0 Å². The summed E-state index contributed by atoms with van der Waals surface area (Å²) in [4.78, 5) is 9.92. The number of halogens is 1. The summed E-state index contributed by atoms with van der Waals surface area (Å²) in [7, 11) is 0. The molecular weight excluding hydrogens is 160 g/mol. The molecule has 0 fully saturated rings. The van der Waals surface area contributed by atoms with Crippen molar-refractivity contribution in [3.63, 3.8) is 0 Å². The molecule has 1 amide bonds. The highest BCUT2D eigenvalue weighted by molar-refractivity contribution is 6.66. The van der Waals surface area contributed by atoms with Crippen molar-refractivity contribution in [2.24, 2.45) is 5.16 Å². The normalized spacial score (nSPS) is 14.4.